The molecule has 1 N–H and O–H groups in total. The molecule has 0 atom stereocenters. The quantitative estimate of drug-likeness (QED) is 0.834. The topological polar surface area (TPSA) is 15.3 Å². The Labute approximate surface area is 130 Å². The van der Waals surface area contributed by atoms with Gasteiger partial charge in [-0.15, -0.1) is 0 Å². The number of benzene rings is 1. The zero-order valence-corrected chi connectivity index (χ0v) is 14.9. The first kappa shape index (κ1) is 16.2. The molecule has 0 spiro atoms. The molecule has 0 amide bonds. The van der Waals surface area contributed by atoms with Gasteiger partial charge in [-0.3, -0.25) is 0 Å². The van der Waals surface area contributed by atoms with Crippen LogP contribution in [-0.4, -0.2) is 20.1 Å². The zero-order valence-electron chi connectivity index (χ0n) is 14.9. The lowest BCUT2D eigenvalue weighted by Gasteiger charge is -2.45. The van der Waals surface area contributed by atoms with E-state index in [9.17, 15) is 0 Å². The molecule has 1 aromatic rings. The molecule has 1 aliphatic carbocycles. The molecule has 21 heavy (non-hydrogen) atoms. The Morgan fingerprint density at radius 1 is 1.05 bits per heavy atom. The molecule has 118 valence electrons. The van der Waals surface area contributed by atoms with Crippen LogP contribution in [0.4, 0.5) is 11.4 Å². The lowest BCUT2D eigenvalue weighted by molar-refractivity contribution is 0.105. The summed E-state index contributed by atoms with van der Waals surface area (Å²) in [7, 11) is 4.18. The monoisotopic (exact) mass is 288 g/mol. The van der Waals surface area contributed by atoms with Crippen molar-refractivity contribution in [2.75, 3.05) is 24.3 Å². The second-order valence-electron chi connectivity index (χ2n) is 8.65. The third-order valence-corrected chi connectivity index (χ3v) is 4.64. The minimum atomic E-state index is 0.427. The smallest absolute Gasteiger partial charge is 0.0373 e. The fourth-order valence-electron chi connectivity index (χ4n) is 4.26. The average molecular weight is 288 g/mol. The van der Waals surface area contributed by atoms with Gasteiger partial charge in [0, 0.05) is 31.5 Å². The second-order valence-corrected chi connectivity index (χ2v) is 8.65. The van der Waals surface area contributed by atoms with E-state index in [4.69, 9.17) is 0 Å². The maximum Gasteiger partial charge on any atom is 0.0373 e. The summed E-state index contributed by atoms with van der Waals surface area (Å²) in [5.41, 5.74) is 4.75. The summed E-state index contributed by atoms with van der Waals surface area (Å²) in [6.07, 6.45) is 3.83. The van der Waals surface area contributed by atoms with Crippen LogP contribution in [0.15, 0.2) is 18.2 Å². The van der Waals surface area contributed by atoms with Crippen molar-refractivity contribution in [3.63, 3.8) is 0 Å². The summed E-state index contributed by atoms with van der Waals surface area (Å²) in [4.78, 5) is 2.16. The normalized spacial score (nSPS) is 21.1. The summed E-state index contributed by atoms with van der Waals surface area (Å²) in [5.74, 6) is 0. The lowest BCUT2D eigenvalue weighted by atomic mass is 9.63. The molecule has 2 rings (SSSR count). The van der Waals surface area contributed by atoms with Crippen LogP contribution in [0.3, 0.4) is 0 Å². The Kier molecular flexibility index (Phi) is 4.28. The van der Waals surface area contributed by atoms with E-state index < -0.39 is 0 Å². The van der Waals surface area contributed by atoms with Gasteiger partial charge in [0.15, 0.2) is 0 Å². The molecule has 0 radical (unpaired) electrons. The highest BCUT2D eigenvalue weighted by Crippen LogP contribution is 2.46. The average Bonchev–Trinajstić information content (AvgIpc) is 2.27. The highest BCUT2D eigenvalue weighted by Gasteiger charge is 2.38. The molecule has 0 aliphatic heterocycles. The second kappa shape index (κ2) is 5.55. The van der Waals surface area contributed by atoms with E-state index in [0.29, 0.717) is 16.9 Å². The van der Waals surface area contributed by atoms with Gasteiger partial charge in [-0.2, -0.15) is 0 Å². The molecule has 0 aromatic heterocycles. The van der Waals surface area contributed by atoms with E-state index in [2.05, 4.69) is 77.1 Å². The van der Waals surface area contributed by atoms with Crippen LogP contribution < -0.4 is 10.2 Å². The third-order valence-electron chi connectivity index (χ3n) is 4.64. The minimum absolute atomic E-state index is 0.427. The molecule has 0 heterocycles. The number of hydrogen-bond donors (Lipinski definition) is 1. The van der Waals surface area contributed by atoms with Crippen LogP contribution in [-0.2, 0) is 0 Å². The first-order valence-corrected chi connectivity index (χ1v) is 8.13. The molecule has 1 aromatic carbocycles. The van der Waals surface area contributed by atoms with Crippen LogP contribution in [0.1, 0.15) is 52.5 Å². The Hall–Kier alpha value is -1.18. The molecular formula is C19H32N2. The summed E-state index contributed by atoms with van der Waals surface area (Å²) >= 11 is 0. The van der Waals surface area contributed by atoms with E-state index in [1.165, 1.54) is 36.2 Å². The molecule has 1 saturated carbocycles. The summed E-state index contributed by atoms with van der Waals surface area (Å²) in [6, 6.07) is 7.28. The van der Waals surface area contributed by atoms with Crippen molar-refractivity contribution in [2.45, 2.75) is 59.9 Å². The van der Waals surface area contributed by atoms with Crippen molar-refractivity contribution in [2.24, 2.45) is 10.8 Å². The van der Waals surface area contributed by atoms with Gasteiger partial charge < -0.3 is 10.2 Å². The van der Waals surface area contributed by atoms with Gasteiger partial charge in [0.05, 0.1) is 0 Å². The maximum absolute atomic E-state index is 3.81. The number of nitrogens with one attached hydrogen (secondary N) is 1. The Morgan fingerprint density at radius 2 is 1.62 bits per heavy atom. The number of aryl methyl sites for hydroxylation is 1. The first-order chi connectivity index (χ1) is 9.58. The SMILES string of the molecule is Cc1cc(N(C)C)ccc1NC1CC(C)(C)CC(C)(C)C1. The molecule has 2 heteroatoms. The molecule has 0 saturated heterocycles. The maximum atomic E-state index is 3.81. The number of anilines is 2. The fraction of sp³-hybridized carbons (Fsp3) is 0.684. The highest BCUT2D eigenvalue weighted by atomic mass is 15.1. The van der Waals surface area contributed by atoms with Crippen molar-refractivity contribution >= 4 is 11.4 Å². The van der Waals surface area contributed by atoms with Gasteiger partial charge in [0.1, 0.15) is 0 Å². The zero-order chi connectivity index (χ0) is 15.8. The minimum Gasteiger partial charge on any atom is -0.382 e. The van der Waals surface area contributed by atoms with Crippen molar-refractivity contribution < 1.29 is 0 Å². The lowest BCUT2D eigenvalue weighted by Crippen LogP contribution is -2.40. The van der Waals surface area contributed by atoms with E-state index in [-0.39, 0.29) is 0 Å². The number of nitrogens with zero attached hydrogens (tertiary/aromatic N) is 1. The standard InChI is InChI=1S/C19H32N2/c1-14-10-16(21(6)7)8-9-17(14)20-15-11-18(2,3)13-19(4,5)12-15/h8-10,15,20H,11-13H2,1-7H3. The van der Waals surface area contributed by atoms with E-state index in [1.54, 1.807) is 0 Å². The van der Waals surface area contributed by atoms with Crippen LogP contribution in [0, 0.1) is 17.8 Å². The molecule has 2 nitrogen and oxygen atoms in total. The largest absolute Gasteiger partial charge is 0.382 e. The van der Waals surface area contributed by atoms with E-state index in [1.807, 2.05) is 0 Å². The third kappa shape index (κ3) is 4.15. The van der Waals surface area contributed by atoms with Gasteiger partial charge in [-0.05, 0) is 60.8 Å². The molecular weight excluding hydrogens is 256 g/mol. The Balaban J connectivity index is 2.14. The molecule has 1 aliphatic rings. The van der Waals surface area contributed by atoms with Crippen LogP contribution >= 0.6 is 0 Å². The van der Waals surface area contributed by atoms with Crippen molar-refractivity contribution in [1.29, 1.82) is 0 Å². The Morgan fingerprint density at radius 3 is 2.10 bits per heavy atom. The van der Waals surface area contributed by atoms with Gasteiger partial charge in [0.25, 0.3) is 0 Å². The molecule has 0 bridgehead atoms. The van der Waals surface area contributed by atoms with Crippen molar-refractivity contribution in [3.8, 4) is 0 Å². The van der Waals surface area contributed by atoms with Gasteiger partial charge >= 0.3 is 0 Å². The summed E-state index contributed by atoms with van der Waals surface area (Å²) < 4.78 is 0. The highest BCUT2D eigenvalue weighted by molar-refractivity contribution is 5.60. The van der Waals surface area contributed by atoms with Crippen LogP contribution in [0.5, 0.6) is 0 Å². The molecule has 0 unspecified atom stereocenters. The van der Waals surface area contributed by atoms with Gasteiger partial charge in [0.2, 0.25) is 0 Å². The van der Waals surface area contributed by atoms with Crippen LogP contribution in [0.2, 0.25) is 0 Å². The van der Waals surface area contributed by atoms with Crippen LogP contribution in [0.25, 0.3) is 0 Å². The summed E-state index contributed by atoms with van der Waals surface area (Å²) in [5, 5.41) is 3.81. The van der Waals surface area contributed by atoms with E-state index in [0.717, 1.165) is 0 Å². The van der Waals surface area contributed by atoms with Gasteiger partial charge in [-0.25, -0.2) is 0 Å². The molecule has 1 fully saturated rings. The number of hydrogen-bond acceptors (Lipinski definition) is 2. The Bertz CT molecular complexity index is 484. The number of rotatable bonds is 3. The van der Waals surface area contributed by atoms with Gasteiger partial charge in [-0.1, -0.05) is 27.7 Å². The predicted molar refractivity (Wildman–Crippen MR) is 94.3 cm³/mol. The van der Waals surface area contributed by atoms with E-state index >= 15 is 0 Å². The van der Waals surface area contributed by atoms with Crippen molar-refractivity contribution in [1.82, 2.24) is 0 Å². The summed E-state index contributed by atoms with van der Waals surface area (Å²) in [6.45, 7) is 11.8. The predicted octanol–water partition coefficient (Wildman–Crippen LogP) is 5.08. The first-order valence-electron chi connectivity index (χ1n) is 8.13. The van der Waals surface area contributed by atoms with Crippen molar-refractivity contribution in [3.05, 3.63) is 23.8 Å². The fourth-order valence-corrected chi connectivity index (χ4v) is 4.26.